The molecule has 0 N–H and O–H groups in total. The van der Waals surface area contributed by atoms with Crippen molar-refractivity contribution in [3.8, 4) is 0 Å². The molecule has 27 heavy (non-hydrogen) atoms. The Labute approximate surface area is 170 Å². The molecule has 0 heterocycles. The van der Waals surface area contributed by atoms with Crippen molar-refractivity contribution in [2.75, 3.05) is 19.8 Å². The van der Waals surface area contributed by atoms with Crippen LogP contribution in [0.1, 0.15) is 106 Å². The van der Waals surface area contributed by atoms with Crippen LogP contribution in [0.3, 0.4) is 0 Å². The summed E-state index contributed by atoms with van der Waals surface area (Å²) in [7, 11) is 0. The lowest BCUT2D eigenvalue weighted by Gasteiger charge is -2.33. The van der Waals surface area contributed by atoms with Crippen molar-refractivity contribution in [3.63, 3.8) is 0 Å². The van der Waals surface area contributed by atoms with Gasteiger partial charge in [0.05, 0.1) is 6.10 Å². The molecule has 0 amide bonds. The summed E-state index contributed by atoms with van der Waals surface area (Å²) < 4.78 is 11.1. The average Bonchev–Trinajstić information content (AvgIpc) is 2.61. The van der Waals surface area contributed by atoms with Gasteiger partial charge in [0.2, 0.25) is 0 Å². The van der Waals surface area contributed by atoms with Crippen molar-refractivity contribution in [2.45, 2.75) is 112 Å². The van der Waals surface area contributed by atoms with E-state index in [2.05, 4.69) is 60.6 Å². The molecule has 0 aliphatic heterocycles. The Bertz CT molecular complexity index is 401. The van der Waals surface area contributed by atoms with E-state index in [1.165, 1.54) is 56.9 Å². The Morgan fingerprint density at radius 1 is 0.963 bits per heavy atom. The summed E-state index contributed by atoms with van der Waals surface area (Å²) in [6.07, 6.45) is 15.9. The lowest BCUT2D eigenvalue weighted by Crippen LogP contribution is -2.19. The molecule has 0 saturated heterocycles. The highest BCUT2D eigenvalue weighted by atomic mass is 16.5. The molecule has 0 spiro atoms. The smallest absolute Gasteiger partial charge is 0.0730 e. The van der Waals surface area contributed by atoms with Crippen LogP contribution in [0, 0.1) is 5.41 Å². The van der Waals surface area contributed by atoms with E-state index in [0.29, 0.717) is 5.41 Å². The van der Waals surface area contributed by atoms with Gasteiger partial charge in [-0.3, -0.25) is 0 Å². The first-order valence-electron chi connectivity index (χ1n) is 11.5. The summed E-state index contributed by atoms with van der Waals surface area (Å²) in [6, 6.07) is 0. The molecule has 1 aliphatic rings. The van der Waals surface area contributed by atoms with Crippen LogP contribution in [0.5, 0.6) is 0 Å². The zero-order valence-electron chi connectivity index (χ0n) is 19.5. The number of ether oxygens (including phenoxy) is 2. The Morgan fingerprint density at radius 3 is 2.04 bits per heavy atom. The fraction of sp³-hybridized carbons (Fsp3) is 0.840. The highest BCUT2D eigenvalue weighted by molar-refractivity contribution is 5.32. The third kappa shape index (κ3) is 13.2. The van der Waals surface area contributed by atoms with E-state index < -0.39 is 0 Å². The molecule has 0 fully saturated rings. The predicted octanol–water partition coefficient (Wildman–Crippen LogP) is 7.88. The maximum absolute atomic E-state index is 5.77. The molecule has 1 aliphatic carbocycles. The predicted molar refractivity (Wildman–Crippen MR) is 120 cm³/mol. The molecular weight excluding hydrogens is 332 g/mol. The van der Waals surface area contributed by atoms with Crippen LogP contribution in [-0.4, -0.2) is 25.9 Å². The van der Waals surface area contributed by atoms with Crippen LogP contribution in [0.15, 0.2) is 23.3 Å². The molecule has 2 nitrogen and oxygen atoms in total. The minimum atomic E-state index is 0.231. The molecule has 0 radical (unpaired) electrons. The van der Waals surface area contributed by atoms with E-state index in [1.54, 1.807) is 5.57 Å². The van der Waals surface area contributed by atoms with Gasteiger partial charge in [0, 0.05) is 19.8 Å². The van der Waals surface area contributed by atoms with Gasteiger partial charge >= 0.3 is 0 Å². The topological polar surface area (TPSA) is 18.5 Å². The normalized spacial score (nSPS) is 17.7. The molecule has 160 valence electrons. The van der Waals surface area contributed by atoms with E-state index in [9.17, 15) is 0 Å². The molecule has 0 aromatic heterocycles. The van der Waals surface area contributed by atoms with E-state index in [0.717, 1.165) is 26.2 Å². The first-order chi connectivity index (χ1) is 12.9. The van der Waals surface area contributed by atoms with Crippen LogP contribution in [0.2, 0.25) is 0 Å². The summed E-state index contributed by atoms with van der Waals surface area (Å²) in [5.41, 5.74) is 3.42. The second kappa shape index (κ2) is 16.4. The zero-order chi connectivity index (χ0) is 20.5. The molecule has 1 unspecified atom stereocenters. The monoisotopic (exact) mass is 380 g/mol. The van der Waals surface area contributed by atoms with E-state index in [4.69, 9.17) is 9.47 Å². The number of allylic oxidation sites excluding steroid dienone is 3. The highest BCUT2D eigenvalue weighted by Gasteiger charge is 2.26. The summed E-state index contributed by atoms with van der Waals surface area (Å²) in [4.78, 5) is 0. The van der Waals surface area contributed by atoms with Gasteiger partial charge in [-0.1, -0.05) is 71.6 Å². The molecule has 0 saturated carbocycles. The first kappa shape index (κ1) is 26.4. The summed E-state index contributed by atoms with van der Waals surface area (Å²) >= 11 is 0. The minimum absolute atomic E-state index is 0.231. The molecule has 0 aromatic carbocycles. The van der Waals surface area contributed by atoms with Crippen molar-refractivity contribution in [3.05, 3.63) is 23.3 Å². The highest BCUT2D eigenvalue weighted by Crippen LogP contribution is 2.40. The second-order valence-corrected chi connectivity index (χ2v) is 8.54. The minimum Gasteiger partial charge on any atom is -0.381 e. The van der Waals surface area contributed by atoms with Gasteiger partial charge in [-0.05, 0) is 63.4 Å². The Balaban J connectivity index is 0.000000636. The average molecular weight is 381 g/mol. The van der Waals surface area contributed by atoms with Gasteiger partial charge in [0.15, 0.2) is 0 Å². The van der Waals surface area contributed by atoms with Crippen molar-refractivity contribution in [1.29, 1.82) is 0 Å². The van der Waals surface area contributed by atoms with Gasteiger partial charge in [-0.2, -0.15) is 0 Å². The van der Waals surface area contributed by atoms with Gasteiger partial charge in [0.25, 0.3) is 0 Å². The summed E-state index contributed by atoms with van der Waals surface area (Å²) in [6.45, 7) is 18.5. The second-order valence-electron chi connectivity index (χ2n) is 8.54. The maximum atomic E-state index is 5.77. The zero-order valence-corrected chi connectivity index (χ0v) is 19.5. The largest absolute Gasteiger partial charge is 0.381 e. The van der Waals surface area contributed by atoms with E-state index in [1.807, 2.05) is 0 Å². The van der Waals surface area contributed by atoms with Crippen LogP contribution >= 0.6 is 0 Å². The first-order valence-corrected chi connectivity index (χ1v) is 11.5. The summed E-state index contributed by atoms with van der Waals surface area (Å²) in [5, 5.41) is 0. The Kier molecular flexibility index (Phi) is 16.0. The maximum Gasteiger partial charge on any atom is 0.0730 e. The van der Waals surface area contributed by atoms with Crippen molar-refractivity contribution < 1.29 is 9.47 Å². The standard InChI is InChI=1S/C17H30O.C8H18O/c1-6-7-13-18-15(3)10-11-16-14(2)9-8-12-17(16,4)5;1-3-5-7-9-8-6-4-2/h10-11,15H,6-9,12-13H2,1-5H3;3-8H2,1-2H3. The quantitative estimate of drug-likeness (QED) is 0.321. The molecule has 0 bridgehead atoms. The van der Waals surface area contributed by atoms with Crippen LogP contribution in [0.25, 0.3) is 0 Å². The fourth-order valence-electron chi connectivity index (χ4n) is 3.31. The van der Waals surface area contributed by atoms with Crippen molar-refractivity contribution in [1.82, 2.24) is 0 Å². The van der Waals surface area contributed by atoms with Crippen molar-refractivity contribution in [2.24, 2.45) is 5.41 Å². The SMILES string of the molecule is CCCCOC(C)C=CC1=C(C)CCCC1(C)C.CCCCOCCCC. The number of hydrogen-bond donors (Lipinski definition) is 0. The Hall–Kier alpha value is -0.600. The molecule has 0 aromatic rings. The Morgan fingerprint density at radius 2 is 1.52 bits per heavy atom. The number of rotatable bonds is 12. The third-order valence-corrected chi connectivity index (χ3v) is 5.24. The van der Waals surface area contributed by atoms with Gasteiger partial charge in [-0.15, -0.1) is 0 Å². The third-order valence-electron chi connectivity index (χ3n) is 5.24. The lowest BCUT2D eigenvalue weighted by atomic mass is 9.72. The molecular formula is C25H48O2. The van der Waals surface area contributed by atoms with Crippen LogP contribution in [-0.2, 0) is 9.47 Å². The number of unbranched alkanes of at least 4 members (excludes halogenated alkanes) is 3. The molecule has 1 rings (SSSR count). The van der Waals surface area contributed by atoms with E-state index in [-0.39, 0.29) is 6.10 Å². The number of hydrogen-bond acceptors (Lipinski definition) is 2. The fourth-order valence-corrected chi connectivity index (χ4v) is 3.31. The molecule has 1 atom stereocenters. The van der Waals surface area contributed by atoms with Crippen LogP contribution in [0.4, 0.5) is 0 Å². The van der Waals surface area contributed by atoms with E-state index >= 15 is 0 Å². The van der Waals surface area contributed by atoms with Crippen molar-refractivity contribution >= 4 is 0 Å². The lowest BCUT2D eigenvalue weighted by molar-refractivity contribution is 0.0949. The summed E-state index contributed by atoms with van der Waals surface area (Å²) in [5.74, 6) is 0. The van der Waals surface area contributed by atoms with Gasteiger partial charge in [-0.25, -0.2) is 0 Å². The van der Waals surface area contributed by atoms with Gasteiger partial charge in [0.1, 0.15) is 0 Å². The van der Waals surface area contributed by atoms with Crippen LogP contribution < -0.4 is 0 Å². The van der Waals surface area contributed by atoms with Gasteiger partial charge < -0.3 is 9.47 Å². The molecule has 2 heteroatoms.